The first kappa shape index (κ1) is 12.5. The molecule has 2 rings (SSSR count). The summed E-state index contributed by atoms with van der Waals surface area (Å²) >= 11 is 1.51. The predicted octanol–water partition coefficient (Wildman–Crippen LogP) is 1.44. The molecule has 1 aliphatic heterocycles. The molecule has 0 atom stereocenters. The Labute approximate surface area is 106 Å². The summed E-state index contributed by atoms with van der Waals surface area (Å²) in [6.45, 7) is 7.55. The van der Waals surface area contributed by atoms with Crippen molar-refractivity contribution in [2.75, 3.05) is 13.1 Å². The molecule has 1 aromatic rings. The van der Waals surface area contributed by atoms with Crippen LogP contribution in [0.4, 0.5) is 0 Å². The van der Waals surface area contributed by atoms with Crippen LogP contribution in [-0.4, -0.2) is 34.4 Å². The fraction of sp³-hybridized carbons (Fsp3) is 0.667. The van der Waals surface area contributed by atoms with E-state index in [-0.39, 0.29) is 11.4 Å². The van der Waals surface area contributed by atoms with Gasteiger partial charge < -0.3 is 10.6 Å². The van der Waals surface area contributed by atoms with Gasteiger partial charge in [-0.3, -0.25) is 4.79 Å². The van der Waals surface area contributed by atoms with Crippen LogP contribution in [0.5, 0.6) is 0 Å². The number of aromatic nitrogens is 1. The average Bonchev–Trinajstić information content (AvgIpc) is 2.60. The van der Waals surface area contributed by atoms with Crippen molar-refractivity contribution in [1.29, 1.82) is 0 Å². The van der Waals surface area contributed by atoms with Gasteiger partial charge in [0, 0.05) is 24.9 Å². The third-order valence-electron chi connectivity index (χ3n) is 2.92. The molecule has 0 radical (unpaired) electrons. The lowest BCUT2D eigenvalue weighted by Gasteiger charge is -2.37. The zero-order valence-electron chi connectivity index (χ0n) is 10.6. The SMILES string of the molecule is CC(C)(C)N1CCc2nc(CCN)sc2C1=O. The number of amides is 1. The minimum absolute atomic E-state index is 0.118. The molecule has 2 heterocycles. The Hall–Kier alpha value is -0.940. The van der Waals surface area contributed by atoms with Crippen LogP contribution in [0.3, 0.4) is 0 Å². The van der Waals surface area contributed by atoms with Crippen LogP contribution < -0.4 is 5.73 Å². The topological polar surface area (TPSA) is 59.2 Å². The third kappa shape index (κ3) is 2.35. The van der Waals surface area contributed by atoms with Crippen LogP contribution in [0.25, 0.3) is 0 Å². The number of thiazole rings is 1. The zero-order chi connectivity index (χ0) is 12.6. The molecule has 1 aliphatic rings. The van der Waals surface area contributed by atoms with E-state index in [4.69, 9.17) is 5.73 Å². The Kier molecular flexibility index (Phi) is 3.23. The number of carbonyl (C=O) groups is 1. The van der Waals surface area contributed by atoms with Gasteiger partial charge in [-0.1, -0.05) is 0 Å². The molecule has 0 bridgehead atoms. The highest BCUT2D eigenvalue weighted by atomic mass is 32.1. The van der Waals surface area contributed by atoms with Crippen molar-refractivity contribution >= 4 is 17.2 Å². The summed E-state index contributed by atoms with van der Waals surface area (Å²) in [7, 11) is 0. The smallest absolute Gasteiger partial charge is 0.266 e. The lowest BCUT2D eigenvalue weighted by atomic mass is 10.0. The van der Waals surface area contributed by atoms with Gasteiger partial charge in [0.1, 0.15) is 4.88 Å². The number of fused-ring (bicyclic) bond motifs is 1. The van der Waals surface area contributed by atoms with Crippen molar-refractivity contribution in [2.45, 2.75) is 39.2 Å². The van der Waals surface area contributed by atoms with E-state index in [0.29, 0.717) is 6.54 Å². The minimum atomic E-state index is -0.118. The zero-order valence-corrected chi connectivity index (χ0v) is 11.4. The van der Waals surface area contributed by atoms with E-state index < -0.39 is 0 Å². The quantitative estimate of drug-likeness (QED) is 0.867. The first-order valence-electron chi connectivity index (χ1n) is 5.94. The van der Waals surface area contributed by atoms with Gasteiger partial charge in [0.25, 0.3) is 5.91 Å². The van der Waals surface area contributed by atoms with Crippen molar-refractivity contribution < 1.29 is 4.79 Å². The van der Waals surface area contributed by atoms with E-state index in [9.17, 15) is 4.79 Å². The molecular formula is C12H19N3OS. The molecule has 0 aromatic carbocycles. The van der Waals surface area contributed by atoms with Crippen LogP contribution in [0.2, 0.25) is 0 Å². The second-order valence-electron chi connectivity index (χ2n) is 5.30. The molecule has 4 nitrogen and oxygen atoms in total. The van der Waals surface area contributed by atoms with Gasteiger partial charge in [0.2, 0.25) is 0 Å². The largest absolute Gasteiger partial charge is 0.333 e. The standard InChI is InChI=1S/C12H19N3OS/c1-12(2,3)15-7-5-8-10(11(15)16)17-9(14-8)4-6-13/h4-7,13H2,1-3H3. The molecule has 94 valence electrons. The molecule has 0 saturated carbocycles. The predicted molar refractivity (Wildman–Crippen MR) is 69.4 cm³/mol. The van der Waals surface area contributed by atoms with E-state index in [0.717, 1.165) is 35.0 Å². The van der Waals surface area contributed by atoms with Crippen LogP contribution in [0, 0.1) is 0 Å². The maximum absolute atomic E-state index is 12.3. The number of hydrogen-bond donors (Lipinski definition) is 1. The molecule has 0 saturated heterocycles. The summed E-state index contributed by atoms with van der Waals surface area (Å²) in [5, 5.41) is 0.988. The van der Waals surface area contributed by atoms with Gasteiger partial charge in [-0.05, 0) is 27.3 Å². The van der Waals surface area contributed by atoms with Crippen molar-refractivity contribution in [3.63, 3.8) is 0 Å². The second kappa shape index (κ2) is 4.38. The van der Waals surface area contributed by atoms with Crippen LogP contribution in [0.1, 0.15) is 41.1 Å². The second-order valence-corrected chi connectivity index (χ2v) is 6.38. The van der Waals surface area contributed by atoms with Crippen molar-refractivity contribution in [1.82, 2.24) is 9.88 Å². The number of nitrogens with zero attached hydrogens (tertiary/aromatic N) is 2. The van der Waals surface area contributed by atoms with Crippen molar-refractivity contribution in [3.8, 4) is 0 Å². The monoisotopic (exact) mass is 253 g/mol. The Morgan fingerprint density at radius 2 is 2.18 bits per heavy atom. The maximum Gasteiger partial charge on any atom is 0.266 e. The Morgan fingerprint density at radius 1 is 1.47 bits per heavy atom. The van der Waals surface area contributed by atoms with E-state index in [1.165, 1.54) is 11.3 Å². The molecule has 0 fully saturated rings. The first-order chi connectivity index (χ1) is 7.93. The van der Waals surface area contributed by atoms with Crippen molar-refractivity contribution in [2.24, 2.45) is 5.73 Å². The molecular weight excluding hydrogens is 234 g/mol. The highest BCUT2D eigenvalue weighted by molar-refractivity contribution is 7.13. The highest BCUT2D eigenvalue weighted by Crippen LogP contribution is 2.29. The molecule has 2 N–H and O–H groups in total. The van der Waals surface area contributed by atoms with Gasteiger partial charge >= 0.3 is 0 Å². The van der Waals surface area contributed by atoms with E-state index in [1.807, 2.05) is 4.90 Å². The summed E-state index contributed by atoms with van der Waals surface area (Å²) in [5.74, 6) is 0.125. The van der Waals surface area contributed by atoms with Crippen LogP contribution in [0.15, 0.2) is 0 Å². The van der Waals surface area contributed by atoms with E-state index >= 15 is 0 Å². The summed E-state index contributed by atoms with van der Waals surface area (Å²) in [6.07, 6.45) is 1.62. The van der Waals surface area contributed by atoms with Crippen molar-refractivity contribution in [3.05, 3.63) is 15.6 Å². The summed E-state index contributed by atoms with van der Waals surface area (Å²) in [4.78, 5) is 19.6. The number of hydrogen-bond acceptors (Lipinski definition) is 4. The Balaban J connectivity index is 2.29. The van der Waals surface area contributed by atoms with Gasteiger partial charge in [-0.15, -0.1) is 11.3 Å². The lowest BCUT2D eigenvalue weighted by molar-refractivity contribution is 0.0566. The number of rotatable bonds is 2. The van der Waals surface area contributed by atoms with E-state index in [2.05, 4.69) is 25.8 Å². The minimum Gasteiger partial charge on any atom is -0.333 e. The summed E-state index contributed by atoms with van der Waals surface area (Å²) in [6, 6.07) is 0. The van der Waals surface area contributed by atoms with Crippen LogP contribution in [-0.2, 0) is 12.8 Å². The average molecular weight is 253 g/mol. The molecule has 17 heavy (non-hydrogen) atoms. The Morgan fingerprint density at radius 3 is 2.76 bits per heavy atom. The molecule has 0 aliphatic carbocycles. The van der Waals surface area contributed by atoms with Gasteiger partial charge in [0.05, 0.1) is 10.7 Å². The van der Waals surface area contributed by atoms with Gasteiger partial charge in [-0.2, -0.15) is 0 Å². The number of carbonyl (C=O) groups excluding carboxylic acids is 1. The lowest BCUT2D eigenvalue weighted by Crippen LogP contribution is -2.48. The molecule has 0 unspecified atom stereocenters. The van der Waals surface area contributed by atoms with E-state index in [1.54, 1.807) is 0 Å². The molecule has 1 aromatic heterocycles. The third-order valence-corrected chi connectivity index (χ3v) is 4.07. The highest BCUT2D eigenvalue weighted by Gasteiger charge is 2.34. The summed E-state index contributed by atoms with van der Waals surface area (Å²) in [5.41, 5.74) is 6.36. The molecule has 5 heteroatoms. The fourth-order valence-corrected chi connectivity index (χ4v) is 3.12. The fourth-order valence-electron chi connectivity index (χ4n) is 2.05. The normalized spacial score (nSPS) is 16.2. The van der Waals surface area contributed by atoms with Crippen LogP contribution >= 0.6 is 11.3 Å². The number of nitrogens with two attached hydrogens (primary N) is 1. The maximum atomic E-state index is 12.3. The summed E-state index contributed by atoms with van der Waals surface area (Å²) < 4.78 is 0. The van der Waals surface area contributed by atoms with Gasteiger partial charge in [-0.25, -0.2) is 4.98 Å². The molecule has 0 spiro atoms. The molecule has 1 amide bonds. The van der Waals surface area contributed by atoms with Gasteiger partial charge in [0.15, 0.2) is 0 Å². The first-order valence-corrected chi connectivity index (χ1v) is 6.75. The Bertz CT molecular complexity index is 433.